The van der Waals surface area contributed by atoms with Gasteiger partial charge in [0.2, 0.25) is 0 Å². The minimum absolute atomic E-state index is 0.0623. The average Bonchev–Trinajstić information content (AvgIpc) is 3.08. The second-order valence-corrected chi connectivity index (χ2v) is 9.94. The van der Waals surface area contributed by atoms with Crippen LogP contribution in [0.3, 0.4) is 0 Å². The van der Waals surface area contributed by atoms with Gasteiger partial charge < -0.3 is 14.7 Å². The molecule has 180 valence electrons. The number of aryl methyl sites for hydroxylation is 1. The standard InChI is InChI=1S/C28H27BrN2O4/c1-17(2)16-35-23-10-9-21(12-18(23)3)26(32)24-25(20-7-4-8-22(29)13-20)31(28(34)27(24)33)15-19-6-5-11-30-14-19/h4-14,17,25,32H,15-16H2,1-3H3/t25-/m1/s1. The van der Waals surface area contributed by atoms with Gasteiger partial charge in [0.25, 0.3) is 11.7 Å². The molecule has 0 radical (unpaired) electrons. The zero-order chi connectivity index (χ0) is 25.1. The molecule has 1 aliphatic heterocycles. The number of aromatic nitrogens is 1. The molecule has 1 aromatic heterocycles. The van der Waals surface area contributed by atoms with Crippen LogP contribution in [0.15, 0.2) is 77.0 Å². The van der Waals surface area contributed by atoms with E-state index in [1.807, 2.05) is 37.3 Å². The molecule has 0 aliphatic carbocycles. The second kappa shape index (κ2) is 10.4. The van der Waals surface area contributed by atoms with Crippen molar-refractivity contribution in [3.63, 3.8) is 0 Å². The van der Waals surface area contributed by atoms with E-state index >= 15 is 0 Å². The maximum Gasteiger partial charge on any atom is 0.295 e. The molecule has 0 saturated carbocycles. The molecule has 1 atom stereocenters. The molecule has 0 unspecified atom stereocenters. The summed E-state index contributed by atoms with van der Waals surface area (Å²) >= 11 is 3.48. The summed E-state index contributed by atoms with van der Waals surface area (Å²) in [5.41, 5.74) is 2.86. The summed E-state index contributed by atoms with van der Waals surface area (Å²) in [6, 6.07) is 15.6. The number of benzene rings is 2. The Balaban J connectivity index is 1.79. The molecule has 7 heteroatoms. The van der Waals surface area contributed by atoms with Crippen LogP contribution in [-0.2, 0) is 16.1 Å². The summed E-state index contributed by atoms with van der Waals surface area (Å²) in [6.07, 6.45) is 3.32. The first-order valence-electron chi connectivity index (χ1n) is 11.4. The van der Waals surface area contributed by atoms with E-state index in [9.17, 15) is 14.7 Å². The molecule has 4 rings (SSSR count). The topological polar surface area (TPSA) is 79.7 Å². The van der Waals surface area contributed by atoms with Gasteiger partial charge in [-0.05, 0) is 65.9 Å². The van der Waals surface area contributed by atoms with E-state index in [2.05, 4.69) is 34.8 Å². The third kappa shape index (κ3) is 5.30. The Hall–Kier alpha value is -3.45. The molecule has 6 nitrogen and oxygen atoms in total. The number of carbonyl (C=O) groups excluding carboxylic acids is 2. The van der Waals surface area contributed by atoms with Crippen molar-refractivity contribution < 1.29 is 19.4 Å². The van der Waals surface area contributed by atoms with Crippen molar-refractivity contribution in [1.82, 2.24) is 9.88 Å². The first kappa shape index (κ1) is 24.7. The molecule has 1 amide bonds. The molecule has 3 aromatic rings. The number of pyridine rings is 1. The van der Waals surface area contributed by atoms with E-state index in [1.54, 1.807) is 36.7 Å². The molecule has 0 bridgehead atoms. The average molecular weight is 535 g/mol. The van der Waals surface area contributed by atoms with Crippen molar-refractivity contribution in [1.29, 1.82) is 0 Å². The smallest absolute Gasteiger partial charge is 0.295 e. The lowest BCUT2D eigenvalue weighted by Crippen LogP contribution is -2.29. The van der Waals surface area contributed by atoms with Gasteiger partial charge in [-0.15, -0.1) is 0 Å². The fraction of sp³-hybridized carbons (Fsp3) is 0.250. The van der Waals surface area contributed by atoms with Gasteiger partial charge in [-0.25, -0.2) is 0 Å². The number of ether oxygens (including phenoxy) is 1. The molecule has 1 fully saturated rings. The molecular formula is C28H27BrN2O4. The number of aliphatic hydroxyl groups excluding tert-OH is 1. The van der Waals surface area contributed by atoms with Crippen LogP contribution in [0.2, 0.25) is 0 Å². The van der Waals surface area contributed by atoms with Gasteiger partial charge in [0, 0.05) is 29.0 Å². The van der Waals surface area contributed by atoms with E-state index < -0.39 is 17.7 Å². The molecular weight excluding hydrogens is 508 g/mol. The second-order valence-electron chi connectivity index (χ2n) is 9.03. The minimum Gasteiger partial charge on any atom is -0.507 e. The summed E-state index contributed by atoms with van der Waals surface area (Å²) in [5, 5.41) is 11.3. The largest absolute Gasteiger partial charge is 0.507 e. The van der Waals surface area contributed by atoms with Crippen LogP contribution in [0.25, 0.3) is 5.76 Å². The molecule has 35 heavy (non-hydrogen) atoms. The molecule has 2 aromatic carbocycles. The Labute approximate surface area is 213 Å². The van der Waals surface area contributed by atoms with Gasteiger partial charge in [0.15, 0.2) is 0 Å². The van der Waals surface area contributed by atoms with E-state index in [0.29, 0.717) is 18.1 Å². The van der Waals surface area contributed by atoms with E-state index in [0.717, 1.165) is 26.9 Å². The predicted molar refractivity (Wildman–Crippen MR) is 138 cm³/mol. The number of hydrogen-bond donors (Lipinski definition) is 1. The number of halogens is 1. The quantitative estimate of drug-likeness (QED) is 0.235. The number of amides is 1. The van der Waals surface area contributed by atoms with Crippen LogP contribution in [0.1, 0.15) is 42.1 Å². The maximum absolute atomic E-state index is 13.3. The van der Waals surface area contributed by atoms with Crippen LogP contribution in [-0.4, -0.2) is 33.3 Å². The lowest BCUT2D eigenvalue weighted by atomic mass is 9.94. The lowest BCUT2D eigenvalue weighted by Gasteiger charge is -2.25. The van der Waals surface area contributed by atoms with Crippen molar-refractivity contribution in [2.75, 3.05) is 6.61 Å². The fourth-order valence-corrected chi connectivity index (χ4v) is 4.54. The first-order chi connectivity index (χ1) is 16.8. The molecule has 1 aliphatic rings. The summed E-state index contributed by atoms with van der Waals surface area (Å²) in [5.74, 6) is -0.483. The van der Waals surface area contributed by atoms with E-state index in [1.165, 1.54) is 4.90 Å². The van der Waals surface area contributed by atoms with Crippen LogP contribution in [0, 0.1) is 12.8 Å². The highest BCUT2D eigenvalue weighted by Gasteiger charge is 2.46. The number of aliphatic hydroxyl groups is 1. The van der Waals surface area contributed by atoms with Crippen molar-refractivity contribution in [2.45, 2.75) is 33.4 Å². The highest BCUT2D eigenvalue weighted by atomic mass is 79.9. The summed E-state index contributed by atoms with van der Waals surface area (Å²) in [4.78, 5) is 32.0. The zero-order valence-electron chi connectivity index (χ0n) is 19.9. The third-order valence-electron chi connectivity index (χ3n) is 5.80. The summed E-state index contributed by atoms with van der Waals surface area (Å²) < 4.78 is 6.66. The van der Waals surface area contributed by atoms with Crippen LogP contribution in [0.5, 0.6) is 5.75 Å². The van der Waals surface area contributed by atoms with Crippen LogP contribution < -0.4 is 4.74 Å². The molecule has 1 N–H and O–H groups in total. The highest BCUT2D eigenvalue weighted by Crippen LogP contribution is 2.41. The summed E-state index contributed by atoms with van der Waals surface area (Å²) in [7, 11) is 0. The van der Waals surface area contributed by atoms with Crippen molar-refractivity contribution in [3.05, 3.63) is 99.3 Å². The van der Waals surface area contributed by atoms with E-state index in [-0.39, 0.29) is 17.9 Å². The van der Waals surface area contributed by atoms with Gasteiger partial charge in [-0.2, -0.15) is 0 Å². The number of ketones is 1. The molecule has 0 spiro atoms. The van der Waals surface area contributed by atoms with Gasteiger partial charge in [0.05, 0.1) is 18.2 Å². The Morgan fingerprint density at radius 2 is 1.94 bits per heavy atom. The SMILES string of the molecule is Cc1cc(C(O)=C2C(=O)C(=O)N(Cc3cccnc3)[C@@H]2c2cccc(Br)c2)ccc1OCC(C)C. The van der Waals surface area contributed by atoms with Gasteiger partial charge in [0.1, 0.15) is 11.5 Å². The van der Waals surface area contributed by atoms with Gasteiger partial charge >= 0.3 is 0 Å². The monoisotopic (exact) mass is 534 g/mol. The van der Waals surface area contributed by atoms with Crippen LogP contribution in [0.4, 0.5) is 0 Å². The fourth-order valence-electron chi connectivity index (χ4n) is 4.13. The van der Waals surface area contributed by atoms with Crippen molar-refractivity contribution in [3.8, 4) is 5.75 Å². The maximum atomic E-state index is 13.3. The van der Waals surface area contributed by atoms with Crippen molar-refractivity contribution >= 4 is 33.4 Å². The van der Waals surface area contributed by atoms with E-state index in [4.69, 9.17) is 4.74 Å². The number of rotatable bonds is 7. The minimum atomic E-state index is -0.745. The first-order valence-corrected chi connectivity index (χ1v) is 12.2. The van der Waals surface area contributed by atoms with Gasteiger partial charge in [-0.1, -0.05) is 48.0 Å². The highest BCUT2D eigenvalue weighted by molar-refractivity contribution is 9.10. The molecule has 1 saturated heterocycles. The number of Topliss-reactive ketones (excluding diaryl/α,β-unsaturated/α-hetero) is 1. The Kier molecular flexibility index (Phi) is 7.36. The Morgan fingerprint density at radius 1 is 1.14 bits per heavy atom. The number of hydrogen-bond acceptors (Lipinski definition) is 5. The van der Waals surface area contributed by atoms with Crippen molar-refractivity contribution in [2.24, 2.45) is 5.92 Å². The summed E-state index contributed by atoms with van der Waals surface area (Å²) in [6.45, 7) is 6.80. The normalized spacial score (nSPS) is 17.3. The predicted octanol–water partition coefficient (Wildman–Crippen LogP) is 5.81. The Bertz CT molecular complexity index is 1290. The van der Waals surface area contributed by atoms with Crippen LogP contribution >= 0.6 is 15.9 Å². The van der Waals surface area contributed by atoms with Gasteiger partial charge in [-0.3, -0.25) is 14.6 Å². The molecule has 2 heterocycles. The third-order valence-corrected chi connectivity index (χ3v) is 6.29. The zero-order valence-corrected chi connectivity index (χ0v) is 21.5. The number of likely N-dealkylation sites (tertiary alicyclic amines) is 1. The Morgan fingerprint density at radius 3 is 2.60 bits per heavy atom. The number of nitrogens with zero attached hydrogens (tertiary/aromatic N) is 2. The lowest BCUT2D eigenvalue weighted by molar-refractivity contribution is -0.140. The number of carbonyl (C=O) groups is 2.